The van der Waals surface area contributed by atoms with E-state index in [0.29, 0.717) is 26.4 Å². The maximum atomic E-state index is 14.0. The predicted molar refractivity (Wildman–Crippen MR) is 156 cm³/mol. The average molecular weight is 629 g/mol. The second-order valence-electron chi connectivity index (χ2n) is 8.52. The Morgan fingerprint density at radius 3 is 2.08 bits per heavy atom. The Kier molecular flexibility index (Phi) is 10.5. The minimum absolute atomic E-state index is 0.142. The molecule has 0 fully saturated rings. The molecule has 0 aliphatic carbocycles. The number of nitrogens with zero attached hydrogens (tertiary/aromatic N) is 2. The van der Waals surface area contributed by atoms with Crippen LogP contribution >= 0.6 is 34.8 Å². The van der Waals surface area contributed by atoms with Gasteiger partial charge in [0.25, 0.3) is 10.0 Å². The normalized spacial score (nSPS) is 11.9. The highest BCUT2D eigenvalue weighted by atomic mass is 35.5. The summed E-state index contributed by atoms with van der Waals surface area (Å²) in [5.41, 5.74) is 0.589. The number of hydrogen-bond acceptors (Lipinski definition) is 6. The van der Waals surface area contributed by atoms with Crippen molar-refractivity contribution in [3.05, 3.63) is 81.3 Å². The summed E-state index contributed by atoms with van der Waals surface area (Å²) in [6.07, 6.45) is 0. The van der Waals surface area contributed by atoms with Crippen LogP contribution in [0.5, 0.6) is 11.5 Å². The molecule has 3 rings (SSSR count). The van der Waals surface area contributed by atoms with Gasteiger partial charge in [0.15, 0.2) is 11.5 Å². The van der Waals surface area contributed by atoms with Crippen LogP contribution in [0.15, 0.2) is 65.6 Å². The van der Waals surface area contributed by atoms with Gasteiger partial charge in [-0.3, -0.25) is 13.9 Å². The molecule has 3 aromatic carbocycles. The molecule has 0 aromatic heterocycles. The molecule has 0 saturated heterocycles. The number of carbonyl (C=O) groups is 2. The largest absolute Gasteiger partial charge is 0.493 e. The van der Waals surface area contributed by atoms with Gasteiger partial charge in [-0.15, -0.1) is 0 Å². The molecule has 0 bridgehead atoms. The molecule has 2 amide bonds. The van der Waals surface area contributed by atoms with Crippen molar-refractivity contribution in [2.75, 3.05) is 32.1 Å². The second-order valence-corrected chi connectivity index (χ2v) is 11.6. The van der Waals surface area contributed by atoms with E-state index in [1.807, 2.05) is 0 Å². The van der Waals surface area contributed by atoms with E-state index in [1.165, 1.54) is 75.6 Å². The monoisotopic (exact) mass is 627 g/mol. The van der Waals surface area contributed by atoms with E-state index in [0.717, 1.165) is 4.31 Å². The summed E-state index contributed by atoms with van der Waals surface area (Å²) >= 11 is 18.8. The number of amides is 2. The fourth-order valence-corrected chi connectivity index (χ4v) is 5.96. The van der Waals surface area contributed by atoms with Crippen molar-refractivity contribution >= 4 is 62.3 Å². The lowest BCUT2D eigenvalue weighted by atomic mass is 10.1. The van der Waals surface area contributed by atoms with E-state index in [4.69, 9.17) is 44.3 Å². The molecule has 0 heterocycles. The minimum Gasteiger partial charge on any atom is -0.493 e. The van der Waals surface area contributed by atoms with Gasteiger partial charge in [0.05, 0.1) is 24.8 Å². The maximum absolute atomic E-state index is 14.0. The van der Waals surface area contributed by atoms with Crippen molar-refractivity contribution in [3.8, 4) is 11.5 Å². The van der Waals surface area contributed by atoms with Gasteiger partial charge >= 0.3 is 0 Å². The Balaban J connectivity index is 2.10. The van der Waals surface area contributed by atoms with Crippen LogP contribution in [0.3, 0.4) is 0 Å². The molecule has 0 saturated carbocycles. The molecule has 0 aliphatic rings. The number of likely N-dealkylation sites (N-methyl/N-ethyl adjacent to an activating group) is 1. The molecular weight excluding hydrogens is 601 g/mol. The Hall–Kier alpha value is -3.18. The number of nitrogens with one attached hydrogen (secondary N) is 1. The van der Waals surface area contributed by atoms with E-state index in [9.17, 15) is 18.0 Å². The summed E-state index contributed by atoms with van der Waals surface area (Å²) in [7, 11) is -0.0930. The lowest BCUT2D eigenvalue weighted by Crippen LogP contribution is -2.50. The van der Waals surface area contributed by atoms with Crippen molar-refractivity contribution in [2.45, 2.75) is 24.4 Å². The highest BCUT2D eigenvalue weighted by Crippen LogP contribution is 2.33. The van der Waals surface area contributed by atoms with Crippen LogP contribution in [0.4, 0.5) is 5.69 Å². The molecule has 13 heteroatoms. The Bertz CT molecular complexity index is 1470. The number of anilines is 1. The van der Waals surface area contributed by atoms with Crippen LogP contribution in [0.2, 0.25) is 15.1 Å². The van der Waals surface area contributed by atoms with Gasteiger partial charge in [0, 0.05) is 40.3 Å². The van der Waals surface area contributed by atoms with Crippen LogP contribution in [-0.4, -0.2) is 59.0 Å². The Labute approximate surface area is 248 Å². The molecule has 0 spiro atoms. The third-order valence-electron chi connectivity index (χ3n) is 6.14. The topological polar surface area (TPSA) is 105 Å². The van der Waals surface area contributed by atoms with Crippen molar-refractivity contribution < 1.29 is 27.5 Å². The van der Waals surface area contributed by atoms with E-state index in [1.54, 1.807) is 18.2 Å². The molecule has 1 atom stereocenters. The van der Waals surface area contributed by atoms with Crippen LogP contribution in [0.25, 0.3) is 0 Å². The number of halogens is 3. The third kappa shape index (κ3) is 6.93. The highest BCUT2D eigenvalue weighted by molar-refractivity contribution is 7.92. The number of carbonyl (C=O) groups excluding carboxylic acids is 2. The van der Waals surface area contributed by atoms with E-state index in [2.05, 4.69) is 5.32 Å². The summed E-state index contributed by atoms with van der Waals surface area (Å²) in [6, 6.07) is 14.0. The van der Waals surface area contributed by atoms with Crippen molar-refractivity contribution in [1.29, 1.82) is 0 Å². The van der Waals surface area contributed by atoms with E-state index >= 15 is 0 Å². The summed E-state index contributed by atoms with van der Waals surface area (Å²) in [6.45, 7) is 0.732. The molecule has 3 aromatic rings. The fourth-order valence-electron chi connectivity index (χ4n) is 3.89. The minimum atomic E-state index is -4.34. The predicted octanol–water partition coefficient (Wildman–Crippen LogP) is 5.02. The number of methoxy groups -OCH3 is 2. The standard InChI is InChI=1S/C27H28Cl3N3O6S/c1-17(27(35)31-2)32(15-21-22(29)6-5-7-23(21)30)26(34)16-33(19-10-8-18(28)9-11-19)40(36,37)20-12-13-24(38-3)25(14-20)39-4/h5-14,17H,15-16H2,1-4H3,(H,31,35). The van der Waals surface area contributed by atoms with Crippen molar-refractivity contribution in [1.82, 2.24) is 10.2 Å². The molecule has 1 unspecified atom stereocenters. The first-order chi connectivity index (χ1) is 18.9. The zero-order valence-corrected chi connectivity index (χ0v) is 25.2. The van der Waals surface area contributed by atoms with Crippen LogP contribution < -0.4 is 19.1 Å². The summed E-state index contributed by atoms with van der Waals surface area (Å²) in [5, 5.41) is 3.48. The van der Waals surface area contributed by atoms with E-state index in [-0.39, 0.29) is 22.9 Å². The number of hydrogen-bond donors (Lipinski definition) is 1. The third-order valence-corrected chi connectivity index (χ3v) is 8.87. The second kappa shape index (κ2) is 13.5. The van der Waals surface area contributed by atoms with Crippen LogP contribution in [-0.2, 0) is 26.2 Å². The zero-order chi connectivity index (χ0) is 29.6. The first kappa shape index (κ1) is 31.3. The smallest absolute Gasteiger partial charge is 0.264 e. The van der Waals surface area contributed by atoms with Gasteiger partial charge in [-0.2, -0.15) is 0 Å². The van der Waals surface area contributed by atoms with Crippen molar-refractivity contribution in [2.24, 2.45) is 0 Å². The number of sulfonamides is 1. The quantitative estimate of drug-likeness (QED) is 0.320. The van der Waals surface area contributed by atoms with Crippen LogP contribution in [0.1, 0.15) is 12.5 Å². The molecule has 0 aliphatic heterocycles. The van der Waals surface area contributed by atoms with Gasteiger partial charge in [-0.05, 0) is 55.5 Å². The summed E-state index contributed by atoms with van der Waals surface area (Å²) in [4.78, 5) is 27.6. The average Bonchev–Trinajstić information content (AvgIpc) is 2.94. The first-order valence-corrected chi connectivity index (χ1v) is 14.5. The van der Waals surface area contributed by atoms with Gasteiger partial charge in [-0.25, -0.2) is 8.42 Å². The molecule has 1 N–H and O–H groups in total. The Morgan fingerprint density at radius 1 is 0.925 bits per heavy atom. The summed E-state index contributed by atoms with van der Waals surface area (Å²) < 4.78 is 39.4. The Morgan fingerprint density at radius 2 is 1.52 bits per heavy atom. The fraction of sp³-hybridized carbons (Fsp3) is 0.259. The zero-order valence-electron chi connectivity index (χ0n) is 22.2. The molecular formula is C27H28Cl3N3O6S. The molecule has 214 valence electrons. The molecule has 40 heavy (non-hydrogen) atoms. The van der Waals surface area contributed by atoms with Gasteiger partial charge < -0.3 is 19.7 Å². The SMILES string of the molecule is CNC(=O)C(C)N(Cc1c(Cl)cccc1Cl)C(=O)CN(c1ccc(Cl)cc1)S(=O)(=O)c1ccc(OC)c(OC)c1. The number of benzene rings is 3. The van der Waals surface area contributed by atoms with Gasteiger partial charge in [0.1, 0.15) is 12.6 Å². The number of rotatable bonds is 11. The maximum Gasteiger partial charge on any atom is 0.264 e. The molecule has 0 radical (unpaired) electrons. The lowest BCUT2D eigenvalue weighted by Gasteiger charge is -2.32. The molecule has 9 nitrogen and oxygen atoms in total. The van der Waals surface area contributed by atoms with E-state index < -0.39 is 34.4 Å². The number of ether oxygens (including phenoxy) is 2. The highest BCUT2D eigenvalue weighted by Gasteiger charge is 2.33. The van der Waals surface area contributed by atoms with Gasteiger partial charge in [-0.1, -0.05) is 40.9 Å². The summed E-state index contributed by atoms with van der Waals surface area (Å²) in [5.74, 6) is -0.615. The lowest BCUT2D eigenvalue weighted by molar-refractivity contribution is -0.139. The van der Waals surface area contributed by atoms with Crippen LogP contribution in [0, 0.1) is 0 Å². The van der Waals surface area contributed by atoms with Gasteiger partial charge in [0.2, 0.25) is 11.8 Å². The van der Waals surface area contributed by atoms with Crippen molar-refractivity contribution in [3.63, 3.8) is 0 Å². The first-order valence-electron chi connectivity index (χ1n) is 11.9.